The molecule has 1 aliphatic heterocycles. The Bertz CT molecular complexity index is 422. The van der Waals surface area contributed by atoms with Gasteiger partial charge in [-0.25, -0.2) is 0 Å². The number of carbonyl (C=O) groups is 1. The summed E-state index contributed by atoms with van der Waals surface area (Å²) in [5.74, 6) is 2.57. The molecule has 2 saturated carbocycles. The van der Waals surface area contributed by atoms with Crippen LogP contribution in [0.4, 0.5) is 0 Å². The molecule has 1 heterocycles. The van der Waals surface area contributed by atoms with Crippen molar-refractivity contribution in [1.29, 1.82) is 0 Å². The van der Waals surface area contributed by atoms with Gasteiger partial charge in [0.2, 0.25) is 5.91 Å². The molecule has 3 aliphatic rings. The SMILES string of the molecule is O=C(N[C@@H]1CCNC1)C1CCCCCC(C2CCCCCCCC2)CCCC1. The maximum absolute atomic E-state index is 12.8. The fraction of sp³-hybridized carbons (Fsp3) is 0.960. The first-order valence-electron chi connectivity index (χ1n) is 12.8. The third-order valence-electron chi connectivity index (χ3n) is 7.85. The van der Waals surface area contributed by atoms with Crippen LogP contribution in [0.2, 0.25) is 0 Å². The number of rotatable bonds is 3. The topological polar surface area (TPSA) is 41.1 Å². The van der Waals surface area contributed by atoms with Gasteiger partial charge < -0.3 is 10.6 Å². The van der Waals surface area contributed by atoms with Crippen molar-refractivity contribution >= 4 is 5.91 Å². The van der Waals surface area contributed by atoms with Crippen LogP contribution in [0.15, 0.2) is 0 Å². The van der Waals surface area contributed by atoms with E-state index >= 15 is 0 Å². The molecular formula is C25H46N2O. The third kappa shape index (κ3) is 7.69. The molecule has 162 valence electrons. The summed E-state index contributed by atoms with van der Waals surface area (Å²) in [4.78, 5) is 12.8. The Kier molecular flexibility index (Phi) is 10.2. The molecule has 0 spiro atoms. The standard InChI is InChI=1S/C25H46N2O/c28-25(27-24-18-19-26-20-24)23-16-9-5-8-14-22(15-10-11-17-23)21-12-6-3-1-2-4-7-13-21/h21-24,26H,1-20H2,(H,27,28)/t22?,23?,24-/m1/s1. The molecule has 2 aliphatic carbocycles. The zero-order valence-electron chi connectivity index (χ0n) is 18.4. The summed E-state index contributed by atoms with van der Waals surface area (Å²) >= 11 is 0. The average Bonchev–Trinajstić information content (AvgIpc) is 3.22. The largest absolute Gasteiger partial charge is 0.352 e. The summed E-state index contributed by atoms with van der Waals surface area (Å²) in [6.45, 7) is 2.01. The number of hydrogen-bond acceptors (Lipinski definition) is 2. The Morgan fingerprint density at radius 3 is 1.64 bits per heavy atom. The number of amides is 1. The van der Waals surface area contributed by atoms with Gasteiger partial charge in [0.15, 0.2) is 0 Å². The number of nitrogens with one attached hydrogen (secondary N) is 2. The zero-order valence-corrected chi connectivity index (χ0v) is 18.4. The molecule has 3 fully saturated rings. The molecule has 1 amide bonds. The van der Waals surface area contributed by atoms with E-state index in [0.29, 0.717) is 11.9 Å². The van der Waals surface area contributed by atoms with Crippen molar-refractivity contribution in [3.63, 3.8) is 0 Å². The van der Waals surface area contributed by atoms with Crippen molar-refractivity contribution in [3.8, 4) is 0 Å². The predicted octanol–water partition coefficient (Wildman–Crippen LogP) is 5.97. The summed E-state index contributed by atoms with van der Waals surface area (Å²) < 4.78 is 0. The molecule has 0 aromatic rings. The molecule has 0 aromatic heterocycles. The summed E-state index contributed by atoms with van der Waals surface area (Å²) in [6, 6.07) is 0.374. The van der Waals surface area contributed by atoms with Crippen LogP contribution in [0, 0.1) is 17.8 Å². The van der Waals surface area contributed by atoms with Gasteiger partial charge in [0, 0.05) is 18.5 Å². The van der Waals surface area contributed by atoms with Gasteiger partial charge in [-0.3, -0.25) is 4.79 Å². The maximum atomic E-state index is 12.8. The summed E-state index contributed by atoms with van der Waals surface area (Å²) in [5.41, 5.74) is 0. The highest BCUT2D eigenvalue weighted by Crippen LogP contribution is 2.35. The van der Waals surface area contributed by atoms with Crippen LogP contribution in [0.5, 0.6) is 0 Å². The first kappa shape index (κ1) is 22.1. The molecule has 3 atom stereocenters. The molecular weight excluding hydrogens is 344 g/mol. The van der Waals surface area contributed by atoms with Crippen LogP contribution in [-0.2, 0) is 4.79 Å². The highest BCUT2D eigenvalue weighted by Gasteiger charge is 2.25. The van der Waals surface area contributed by atoms with Crippen molar-refractivity contribution in [2.75, 3.05) is 13.1 Å². The fourth-order valence-electron chi connectivity index (χ4n) is 6.03. The van der Waals surface area contributed by atoms with Gasteiger partial charge in [-0.05, 0) is 37.6 Å². The quantitative estimate of drug-likeness (QED) is 0.623. The van der Waals surface area contributed by atoms with Crippen LogP contribution in [0.25, 0.3) is 0 Å². The van der Waals surface area contributed by atoms with Gasteiger partial charge in [0.05, 0.1) is 0 Å². The van der Waals surface area contributed by atoms with E-state index in [-0.39, 0.29) is 5.92 Å². The molecule has 0 aromatic carbocycles. The van der Waals surface area contributed by atoms with E-state index in [1.54, 1.807) is 0 Å². The average molecular weight is 391 g/mol. The lowest BCUT2D eigenvalue weighted by Gasteiger charge is -2.27. The lowest BCUT2D eigenvalue weighted by Crippen LogP contribution is -2.40. The monoisotopic (exact) mass is 390 g/mol. The maximum Gasteiger partial charge on any atom is 0.223 e. The van der Waals surface area contributed by atoms with E-state index in [2.05, 4.69) is 10.6 Å². The number of hydrogen-bond donors (Lipinski definition) is 2. The molecule has 1 saturated heterocycles. The Morgan fingerprint density at radius 2 is 1.07 bits per heavy atom. The Morgan fingerprint density at radius 1 is 0.607 bits per heavy atom. The zero-order chi connectivity index (χ0) is 19.4. The highest BCUT2D eigenvalue weighted by molar-refractivity contribution is 5.79. The van der Waals surface area contributed by atoms with Crippen LogP contribution in [0.3, 0.4) is 0 Å². The fourth-order valence-corrected chi connectivity index (χ4v) is 6.03. The highest BCUT2D eigenvalue weighted by atomic mass is 16.1. The summed E-state index contributed by atoms with van der Waals surface area (Å²) in [6.07, 6.45) is 24.6. The van der Waals surface area contributed by atoms with Crippen molar-refractivity contribution in [2.24, 2.45) is 17.8 Å². The molecule has 28 heavy (non-hydrogen) atoms. The smallest absolute Gasteiger partial charge is 0.223 e. The van der Waals surface area contributed by atoms with Crippen LogP contribution in [0.1, 0.15) is 116 Å². The minimum Gasteiger partial charge on any atom is -0.352 e. The molecule has 2 unspecified atom stereocenters. The summed E-state index contributed by atoms with van der Waals surface area (Å²) in [5, 5.41) is 6.69. The first-order valence-corrected chi connectivity index (χ1v) is 12.8. The van der Waals surface area contributed by atoms with E-state index < -0.39 is 0 Å². The van der Waals surface area contributed by atoms with E-state index in [0.717, 1.165) is 44.2 Å². The van der Waals surface area contributed by atoms with E-state index in [1.165, 1.54) is 96.3 Å². The minimum atomic E-state index is 0.266. The van der Waals surface area contributed by atoms with Gasteiger partial charge in [-0.2, -0.15) is 0 Å². The van der Waals surface area contributed by atoms with Gasteiger partial charge in [-0.1, -0.05) is 96.3 Å². The van der Waals surface area contributed by atoms with Crippen molar-refractivity contribution < 1.29 is 4.79 Å². The van der Waals surface area contributed by atoms with Crippen molar-refractivity contribution in [1.82, 2.24) is 10.6 Å². The van der Waals surface area contributed by atoms with Gasteiger partial charge in [-0.15, -0.1) is 0 Å². The molecule has 0 radical (unpaired) electrons. The second-order valence-electron chi connectivity index (χ2n) is 10.0. The minimum absolute atomic E-state index is 0.266. The second-order valence-corrected chi connectivity index (χ2v) is 10.0. The van der Waals surface area contributed by atoms with Crippen molar-refractivity contribution in [3.05, 3.63) is 0 Å². The predicted molar refractivity (Wildman–Crippen MR) is 118 cm³/mol. The van der Waals surface area contributed by atoms with Gasteiger partial charge in [0.1, 0.15) is 0 Å². The normalized spacial score (nSPS) is 32.5. The lowest BCUT2D eigenvalue weighted by molar-refractivity contribution is -0.126. The van der Waals surface area contributed by atoms with Crippen LogP contribution >= 0.6 is 0 Å². The molecule has 2 N–H and O–H groups in total. The Balaban J connectivity index is 1.47. The number of carbonyl (C=O) groups excluding carboxylic acids is 1. The van der Waals surface area contributed by atoms with E-state index in [1.807, 2.05) is 0 Å². The second kappa shape index (κ2) is 12.9. The van der Waals surface area contributed by atoms with Crippen molar-refractivity contribution in [2.45, 2.75) is 122 Å². The van der Waals surface area contributed by atoms with Gasteiger partial charge >= 0.3 is 0 Å². The lowest BCUT2D eigenvalue weighted by atomic mass is 9.78. The summed E-state index contributed by atoms with van der Waals surface area (Å²) in [7, 11) is 0. The molecule has 0 bridgehead atoms. The van der Waals surface area contributed by atoms with Crippen LogP contribution in [-0.4, -0.2) is 25.0 Å². The molecule has 3 rings (SSSR count). The van der Waals surface area contributed by atoms with Crippen LogP contribution < -0.4 is 10.6 Å². The van der Waals surface area contributed by atoms with Gasteiger partial charge in [0.25, 0.3) is 0 Å². The first-order chi connectivity index (χ1) is 13.8. The molecule has 3 nitrogen and oxygen atoms in total. The van der Waals surface area contributed by atoms with E-state index in [9.17, 15) is 4.79 Å². The van der Waals surface area contributed by atoms with E-state index in [4.69, 9.17) is 0 Å². The molecule has 3 heteroatoms. The Hall–Kier alpha value is -0.570. The third-order valence-corrected chi connectivity index (χ3v) is 7.85. The Labute approximate surface area is 174 Å².